The first-order chi connectivity index (χ1) is 9.74. The van der Waals surface area contributed by atoms with E-state index in [1.807, 2.05) is 48.5 Å². The summed E-state index contributed by atoms with van der Waals surface area (Å²) in [4.78, 5) is 9.72. The lowest BCUT2D eigenvalue weighted by Gasteiger charge is -2.07. The van der Waals surface area contributed by atoms with Crippen LogP contribution in [0.3, 0.4) is 0 Å². The highest BCUT2D eigenvalue weighted by atomic mass is 32.2. The predicted octanol–water partition coefficient (Wildman–Crippen LogP) is 3.83. The molecule has 3 nitrogen and oxygen atoms in total. The molecule has 0 aliphatic carbocycles. The molecule has 0 unspecified atom stereocenters. The molecule has 0 fully saturated rings. The van der Waals surface area contributed by atoms with Crippen molar-refractivity contribution in [2.24, 2.45) is 0 Å². The van der Waals surface area contributed by atoms with Crippen molar-refractivity contribution in [3.05, 3.63) is 60.4 Å². The zero-order valence-electron chi connectivity index (χ0n) is 11.0. The van der Waals surface area contributed by atoms with Gasteiger partial charge >= 0.3 is 0 Å². The van der Waals surface area contributed by atoms with E-state index in [0.29, 0.717) is 0 Å². The number of hydrogen-bond donors (Lipinski definition) is 1. The Hall–Kier alpha value is -1.91. The van der Waals surface area contributed by atoms with E-state index in [1.54, 1.807) is 25.0 Å². The molecule has 0 amide bonds. The Morgan fingerprint density at radius 3 is 2.50 bits per heavy atom. The summed E-state index contributed by atoms with van der Waals surface area (Å²) in [5.41, 5.74) is 1.87. The van der Waals surface area contributed by atoms with Gasteiger partial charge in [-0.2, -0.15) is 0 Å². The van der Waals surface area contributed by atoms with Gasteiger partial charge in [-0.05, 0) is 30.7 Å². The lowest BCUT2D eigenvalue weighted by Crippen LogP contribution is -1.90. The molecule has 0 saturated heterocycles. The molecule has 0 aliphatic heterocycles. The fourth-order valence-electron chi connectivity index (χ4n) is 1.99. The number of rotatable bonds is 3. The second-order valence-corrected chi connectivity index (χ2v) is 5.61. The van der Waals surface area contributed by atoms with Gasteiger partial charge in [0.05, 0.1) is 11.6 Å². The lowest BCUT2D eigenvalue weighted by atomic mass is 10.1. The molecule has 100 valence electrons. The first-order valence-corrected chi connectivity index (χ1v) is 7.21. The van der Waals surface area contributed by atoms with E-state index in [9.17, 15) is 5.11 Å². The zero-order chi connectivity index (χ0) is 13.9. The quantitative estimate of drug-likeness (QED) is 0.741. The van der Waals surface area contributed by atoms with E-state index in [4.69, 9.17) is 0 Å². The summed E-state index contributed by atoms with van der Waals surface area (Å²) in [6.07, 6.45) is 1.16. The predicted molar refractivity (Wildman–Crippen MR) is 80.7 cm³/mol. The van der Waals surface area contributed by atoms with Crippen LogP contribution in [0.15, 0.2) is 64.8 Å². The van der Waals surface area contributed by atoms with Crippen molar-refractivity contribution in [1.82, 2.24) is 9.97 Å². The summed E-state index contributed by atoms with van der Waals surface area (Å²) in [6, 6.07) is 15.9. The number of hydrogen-bond acceptors (Lipinski definition) is 4. The summed E-state index contributed by atoms with van der Waals surface area (Å²) >= 11 is 1.60. The maximum atomic E-state index is 9.52. The largest absolute Gasteiger partial charge is 0.389 e. The molecule has 3 rings (SSSR count). The van der Waals surface area contributed by atoms with E-state index in [0.717, 1.165) is 26.4 Å². The Kier molecular flexibility index (Phi) is 3.67. The Balaban J connectivity index is 1.93. The fraction of sp³-hybridized carbons (Fsp3) is 0.125. The summed E-state index contributed by atoms with van der Waals surface area (Å²) < 4.78 is 0. The van der Waals surface area contributed by atoms with Crippen LogP contribution >= 0.6 is 11.8 Å². The van der Waals surface area contributed by atoms with Crippen LogP contribution in [0.2, 0.25) is 0 Å². The molecular weight excluding hydrogens is 268 g/mol. The average molecular weight is 282 g/mol. The number of para-hydroxylation sites is 1. The van der Waals surface area contributed by atoms with Gasteiger partial charge in [-0.15, -0.1) is 0 Å². The SMILES string of the molecule is C[C@H](O)c1ccc(Sc2ncnc3ccccc23)cc1. The maximum Gasteiger partial charge on any atom is 0.117 e. The lowest BCUT2D eigenvalue weighted by molar-refractivity contribution is 0.199. The Labute approximate surface area is 121 Å². The second-order valence-electron chi connectivity index (χ2n) is 4.54. The second kappa shape index (κ2) is 5.61. The van der Waals surface area contributed by atoms with Crippen LogP contribution in [0.5, 0.6) is 0 Å². The average Bonchev–Trinajstić information content (AvgIpc) is 2.48. The molecule has 20 heavy (non-hydrogen) atoms. The van der Waals surface area contributed by atoms with E-state index < -0.39 is 6.10 Å². The van der Waals surface area contributed by atoms with Crippen LogP contribution in [0, 0.1) is 0 Å². The van der Waals surface area contributed by atoms with Crippen molar-refractivity contribution in [2.75, 3.05) is 0 Å². The van der Waals surface area contributed by atoms with E-state index in [-0.39, 0.29) is 0 Å². The van der Waals surface area contributed by atoms with Crippen LogP contribution in [0.1, 0.15) is 18.6 Å². The third-order valence-electron chi connectivity index (χ3n) is 3.08. The van der Waals surface area contributed by atoms with Gasteiger partial charge in [-0.1, -0.05) is 42.1 Å². The number of nitrogens with zero attached hydrogens (tertiary/aromatic N) is 2. The molecule has 2 aromatic carbocycles. The maximum absolute atomic E-state index is 9.52. The van der Waals surface area contributed by atoms with E-state index in [2.05, 4.69) is 9.97 Å². The van der Waals surface area contributed by atoms with Gasteiger partial charge in [-0.25, -0.2) is 9.97 Å². The Bertz CT molecular complexity index is 721. The highest BCUT2D eigenvalue weighted by Gasteiger charge is 2.06. The minimum atomic E-state index is -0.436. The molecule has 0 aliphatic rings. The van der Waals surface area contributed by atoms with Crippen LogP contribution < -0.4 is 0 Å². The smallest absolute Gasteiger partial charge is 0.117 e. The van der Waals surface area contributed by atoms with Crippen LogP contribution in [0.4, 0.5) is 0 Å². The van der Waals surface area contributed by atoms with Gasteiger partial charge in [0.1, 0.15) is 11.4 Å². The van der Waals surface area contributed by atoms with Gasteiger partial charge in [-0.3, -0.25) is 0 Å². The Morgan fingerprint density at radius 2 is 1.75 bits per heavy atom. The van der Waals surface area contributed by atoms with Gasteiger partial charge in [0.2, 0.25) is 0 Å². The summed E-state index contributed by atoms with van der Waals surface area (Å²) in [7, 11) is 0. The topological polar surface area (TPSA) is 46.0 Å². The standard InChI is InChI=1S/C16H14N2OS/c1-11(19)12-6-8-13(9-7-12)20-16-14-4-2-3-5-15(14)17-10-18-16/h2-11,19H,1H3/t11-/m0/s1. The van der Waals surface area contributed by atoms with E-state index >= 15 is 0 Å². The van der Waals surface area contributed by atoms with Crippen molar-refractivity contribution >= 4 is 22.7 Å². The minimum absolute atomic E-state index is 0.436. The van der Waals surface area contributed by atoms with Gasteiger partial charge in [0.25, 0.3) is 0 Å². The number of aromatic nitrogens is 2. The molecule has 0 bridgehead atoms. The van der Waals surface area contributed by atoms with Crippen molar-refractivity contribution in [2.45, 2.75) is 22.9 Å². The number of fused-ring (bicyclic) bond motifs is 1. The molecular formula is C16H14N2OS. The zero-order valence-corrected chi connectivity index (χ0v) is 11.8. The molecule has 3 aromatic rings. The number of aliphatic hydroxyl groups is 1. The van der Waals surface area contributed by atoms with Crippen molar-refractivity contribution < 1.29 is 5.11 Å². The van der Waals surface area contributed by atoms with Gasteiger partial charge in [0.15, 0.2) is 0 Å². The van der Waals surface area contributed by atoms with E-state index in [1.165, 1.54) is 0 Å². The molecule has 0 spiro atoms. The summed E-state index contributed by atoms with van der Waals surface area (Å²) in [5.74, 6) is 0. The van der Waals surface area contributed by atoms with Crippen molar-refractivity contribution in [1.29, 1.82) is 0 Å². The molecule has 1 aromatic heterocycles. The minimum Gasteiger partial charge on any atom is -0.389 e. The van der Waals surface area contributed by atoms with Crippen LogP contribution in [-0.4, -0.2) is 15.1 Å². The Morgan fingerprint density at radius 1 is 1.00 bits per heavy atom. The molecule has 0 saturated carbocycles. The summed E-state index contributed by atoms with van der Waals surface area (Å²) in [5, 5.41) is 11.5. The fourth-order valence-corrected chi connectivity index (χ4v) is 2.87. The van der Waals surface area contributed by atoms with Gasteiger partial charge < -0.3 is 5.11 Å². The number of aliphatic hydroxyl groups excluding tert-OH is 1. The molecule has 0 radical (unpaired) electrons. The highest BCUT2D eigenvalue weighted by molar-refractivity contribution is 7.99. The first kappa shape index (κ1) is 13.1. The highest BCUT2D eigenvalue weighted by Crippen LogP contribution is 2.31. The normalized spacial score (nSPS) is 12.5. The number of benzene rings is 2. The molecule has 1 heterocycles. The molecule has 1 atom stereocenters. The van der Waals surface area contributed by atoms with Crippen LogP contribution in [0.25, 0.3) is 10.9 Å². The van der Waals surface area contributed by atoms with Gasteiger partial charge in [0, 0.05) is 10.3 Å². The van der Waals surface area contributed by atoms with Crippen LogP contribution in [-0.2, 0) is 0 Å². The summed E-state index contributed by atoms with van der Waals surface area (Å²) in [6.45, 7) is 1.76. The van der Waals surface area contributed by atoms with Crippen molar-refractivity contribution in [3.8, 4) is 0 Å². The van der Waals surface area contributed by atoms with Crippen molar-refractivity contribution in [3.63, 3.8) is 0 Å². The molecule has 4 heteroatoms. The monoisotopic (exact) mass is 282 g/mol. The third kappa shape index (κ3) is 2.66. The molecule has 1 N–H and O–H groups in total. The first-order valence-electron chi connectivity index (χ1n) is 6.39. The third-order valence-corrected chi connectivity index (χ3v) is 4.11.